The second-order valence-electron chi connectivity index (χ2n) is 4.10. The predicted octanol–water partition coefficient (Wildman–Crippen LogP) is 3.20. The molecule has 0 N–H and O–H groups in total. The van der Waals surface area contributed by atoms with E-state index in [9.17, 15) is 13.6 Å². The van der Waals surface area contributed by atoms with Crippen LogP contribution in [0.2, 0.25) is 0 Å². The van der Waals surface area contributed by atoms with Crippen LogP contribution in [0, 0.1) is 11.6 Å². The van der Waals surface area contributed by atoms with Gasteiger partial charge < -0.3 is 0 Å². The summed E-state index contributed by atoms with van der Waals surface area (Å²) in [5.74, 6) is -1.38. The van der Waals surface area contributed by atoms with Crippen LogP contribution in [0.15, 0.2) is 53.3 Å². The molecule has 0 radical (unpaired) electrons. The summed E-state index contributed by atoms with van der Waals surface area (Å²) in [7, 11) is 0. The Hall–Kier alpha value is -1.50. The number of fused-ring (bicyclic) bond motifs is 1. The van der Waals surface area contributed by atoms with E-state index in [1.807, 2.05) is 30.3 Å². The van der Waals surface area contributed by atoms with Gasteiger partial charge in [-0.05, 0) is 0 Å². The number of hydrogen-bond acceptors (Lipinski definition) is 1. The van der Waals surface area contributed by atoms with E-state index in [-0.39, 0.29) is 10.8 Å². The summed E-state index contributed by atoms with van der Waals surface area (Å²) >= 11 is -0.952. The minimum absolute atomic E-state index is 0.0449. The monoisotopic (exact) mass is 372 g/mol. The summed E-state index contributed by atoms with van der Waals surface area (Å²) in [6.45, 7) is 0. The summed E-state index contributed by atoms with van der Waals surface area (Å²) in [6.07, 6.45) is 0. The van der Waals surface area contributed by atoms with Crippen LogP contribution in [0.4, 0.5) is 8.78 Å². The van der Waals surface area contributed by atoms with E-state index < -0.39 is 32.1 Å². The van der Waals surface area contributed by atoms with E-state index in [0.29, 0.717) is 3.40 Å². The van der Waals surface area contributed by atoms with Crippen LogP contribution < -0.4 is 5.43 Å². The van der Waals surface area contributed by atoms with E-state index in [1.165, 1.54) is 12.1 Å². The maximum atomic E-state index is 13.6. The van der Waals surface area contributed by atoms with Crippen LogP contribution in [-0.4, -0.2) is 20.4 Å². The SMILES string of the molecule is O=c1cc(-c2ccccc2)[te]c2cc(F)cc(F)c12. The molecule has 94 valence electrons. The standard InChI is InChI=1S/C15H8F2OTe/c16-10-6-11(17)15-12(18)8-13(19-14(15)7-10)9-4-2-1-3-5-9/h1-8H. The molecule has 3 aromatic rings. The van der Waals surface area contributed by atoms with Gasteiger partial charge in [0, 0.05) is 0 Å². The number of rotatable bonds is 1. The van der Waals surface area contributed by atoms with Crippen LogP contribution in [0.25, 0.3) is 17.9 Å². The molecule has 0 saturated heterocycles. The van der Waals surface area contributed by atoms with Crippen LogP contribution in [0.1, 0.15) is 0 Å². The van der Waals surface area contributed by atoms with Gasteiger partial charge in [0.1, 0.15) is 0 Å². The maximum absolute atomic E-state index is 13.6. The van der Waals surface area contributed by atoms with Crippen LogP contribution in [0.5, 0.6) is 0 Å². The van der Waals surface area contributed by atoms with Crippen molar-refractivity contribution in [2.75, 3.05) is 0 Å². The molecule has 0 aliphatic rings. The number of benzene rings is 2. The van der Waals surface area contributed by atoms with Crippen molar-refractivity contribution in [1.82, 2.24) is 0 Å². The molecule has 0 amide bonds. The molecule has 0 unspecified atom stereocenters. The predicted molar refractivity (Wildman–Crippen MR) is 72.5 cm³/mol. The van der Waals surface area contributed by atoms with Crippen LogP contribution in [0.3, 0.4) is 0 Å². The van der Waals surface area contributed by atoms with Gasteiger partial charge in [0.25, 0.3) is 0 Å². The fraction of sp³-hybridized carbons (Fsp3) is 0. The summed E-state index contributed by atoms with van der Waals surface area (Å²) < 4.78 is 28.4. The summed E-state index contributed by atoms with van der Waals surface area (Å²) in [5, 5.41) is 0.0449. The average Bonchev–Trinajstić information content (AvgIpc) is 2.38. The Morgan fingerprint density at radius 2 is 1.68 bits per heavy atom. The zero-order chi connectivity index (χ0) is 13.4. The fourth-order valence-corrected chi connectivity index (χ4v) is 5.17. The van der Waals surface area contributed by atoms with Gasteiger partial charge in [0.15, 0.2) is 0 Å². The molecule has 4 heteroatoms. The third kappa shape index (κ3) is 2.34. The number of hydrogen-bond donors (Lipinski definition) is 0. The second kappa shape index (κ2) is 4.88. The molecule has 0 saturated carbocycles. The first-order valence-corrected chi connectivity index (χ1v) is 7.96. The van der Waals surface area contributed by atoms with Gasteiger partial charge >= 0.3 is 118 Å². The molecule has 0 fully saturated rings. The first-order valence-electron chi connectivity index (χ1n) is 5.63. The first kappa shape index (κ1) is 12.5. The van der Waals surface area contributed by atoms with Crippen molar-refractivity contribution in [1.29, 1.82) is 0 Å². The van der Waals surface area contributed by atoms with Crippen LogP contribution >= 0.6 is 0 Å². The van der Waals surface area contributed by atoms with E-state index in [2.05, 4.69) is 0 Å². The molecule has 0 atom stereocenters. The van der Waals surface area contributed by atoms with Gasteiger partial charge in [0.2, 0.25) is 0 Å². The van der Waals surface area contributed by atoms with Crippen molar-refractivity contribution < 1.29 is 8.78 Å². The quantitative estimate of drug-likeness (QED) is 0.602. The third-order valence-electron chi connectivity index (χ3n) is 2.81. The molecule has 0 aliphatic heterocycles. The molecule has 0 spiro atoms. The van der Waals surface area contributed by atoms with Gasteiger partial charge in [-0.3, -0.25) is 0 Å². The molecule has 0 aliphatic carbocycles. The van der Waals surface area contributed by atoms with Crippen molar-refractivity contribution in [3.8, 4) is 9.14 Å². The van der Waals surface area contributed by atoms with E-state index in [0.717, 1.165) is 15.2 Å². The summed E-state index contributed by atoms with van der Waals surface area (Å²) in [6, 6.07) is 13.0. The van der Waals surface area contributed by atoms with Gasteiger partial charge in [0.05, 0.1) is 0 Å². The zero-order valence-electron chi connectivity index (χ0n) is 9.69. The Morgan fingerprint density at radius 1 is 0.947 bits per heavy atom. The van der Waals surface area contributed by atoms with Crippen molar-refractivity contribution in [2.24, 2.45) is 0 Å². The molecular weight excluding hydrogens is 362 g/mol. The van der Waals surface area contributed by atoms with Gasteiger partial charge in [-0.25, -0.2) is 0 Å². The summed E-state index contributed by atoms with van der Waals surface area (Å²) in [5.41, 5.74) is 0.580. The first-order chi connectivity index (χ1) is 9.15. The fourth-order valence-electron chi connectivity index (χ4n) is 1.95. The average molecular weight is 370 g/mol. The normalized spacial score (nSPS) is 10.8. The minimum atomic E-state index is -0.952. The molecular formula is C15H8F2OTe. The van der Waals surface area contributed by atoms with E-state index in [4.69, 9.17) is 0 Å². The Bertz CT molecular complexity index is 809. The molecule has 19 heavy (non-hydrogen) atoms. The van der Waals surface area contributed by atoms with Crippen LogP contribution in [-0.2, 0) is 0 Å². The Balaban J connectivity index is 2.34. The molecule has 3 rings (SSSR count). The van der Waals surface area contributed by atoms with Gasteiger partial charge in [-0.2, -0.15) is 0 Å². The van der Waals surface area contributed by atoms with Crippen molar-refractivity contribution >= 4 is 29.2 Å². The van der Waals surface area contributed by atoms with Crippen molar-refractivity contribution in [3.63, 3.8) is 0 Å². The molecule has 1 aromatic heterocycles. The zero-order valence-corrected chi connectivity index (χ0v) is 12.0. The topological polar surface area (TPSA) is 17.1 Å². The van der Waals surface area contributed by atoms with E-state index >= 15 is 0 Å². The van der Waals surface area contributed by atoms with Gasteiger partial charge in [-0.15, -0.1) is 0 Å². The Morgan fingerprint density at radius 3 is 2.42 bits per heavy atom. The second-order valence-corrected chi connectivity index (χ2v) is 7.19. The Kier molecular flexibility index (Phi) is 3.22. The van der Waals surface area contributed by atoms with Crippen molar-refractivity contribution in [3.05, 3.63) is 70.4 Å². The summed E-state index contributed by atoms with van der Waals surface area (Å²) in [4.78, 5) is 12.0. The van der Waals surface area contributed by atoms with Gasteiger partial charge in [-0.1, -0.05) is 0 Å². The molecule has 2 aromatic carbocycles. The number of halogens is 2. The Labute approximate surface area is 117 Å². The molecule has 1 nitrogen and oxygen atoms in total. The van der Waals surface area contributed by atoms with Crippen molar-refractivity contribution in [2.45, 2.75) is 0 Å². The van der Waals surface area contributed by atoms with E-state index in [1.54, 1.807) is 0 Å². The molecule has 1 heterocycles. The molecule has 0 bridgehead atoms. The third-order valence-corrected chi connectivity index (χ3v) is 5.99.